The molecular weight excluding hydrogens is 541 g/mol. The van der Waals surface area contributed by atoms with E-state index in [-0.39, 0.29) is 19.1 Å². The third kappa shape index (κ3) is 7.43. The van der Waals surface area contributed by atoms with Crippen molar-refractivity contribution >= 4 is 18.0 Å². The summed E-state index contributed by atoms with van der Waals surface area (Å²) in [6.07, 6.45) is -8.55. The number of hydrogen-bond acceptors (Lipinski definition) is 5. The molecule has 1 aliphatic carbocycles. The highest BCUT2D eigenvalue weighted by atomic mass is 19.4. The number of ether oxygens (including phenoxy) is 2. The Balaban J connectivity index is 1.48. The Morgan fingerprint density at radius 1 is 0.878 bits per heavy atom. The normalized spacial score (nSPS) is 14.7. The standard InChI is InChI=1S/C30H29F3N2O6/c1-18(40-16-19-9-3-2-4-10-19)27(28(38)34-25(15-26(36)37)30(31,32)33)35-29(39)41-17-24-22-13-7-5-11-20(22)21-12-6-8-14-23(21)24/h2-14,18,24-25,27H,15-17H2,1H3,(H,34,38)(H,35,39)(H,36,37). The second-order valence-corrected chi connectivity index (χ2v) is 9.65. The quantitative estimate of drug-likeness (QED) is 0.298. The number of alkyl halides is 3. The lowest BCUT2D eigenvalue weighted by Crippen LogP contribution is -2.57. The van der Waals surface area contributed by atoms with Crippen molar-refractivity contribution in [3.63, 3.8) is 0 Å². The average molecular weight is 571 g/mol. The second kappa shape index (κ2) is 12.9. The van der Waals surface area contributed by atoms with Gasteiger partial charge in [-0.2, -0.15) is 13.2 Å². The molecule has 0 fully saturated rings. The fraction of sp³-hybridized carbons (Fsp3) is 0.300. The van der Waals surface area contributed by atoms with Crippen molar-refractivity contribution in [3.05, 3.63) is 95.6 Å². The highest BCUT2D eigenvalue weighted by molar-refractivity contribution is 5.87. The first-order valence-corrected chi connectivity index (χ1v) is 12.9. The van der Waals surface area contributed by atoms with Crippen LogP contribution in [0.25, 0.3) is 11.1 Å². The lowest BCUT2D eigenvalue weighted by Gasteiger charge is -2.27. The number of aliphatic carboxylic acids is 1. The lowest BCUT2D eigenvalue weighted by atomic mass is 9.98. The number of carboxylic acids is 1. The summed E-state index contributed by atoms with van der Waals surface area (Å²) in [5, 5.41) is 12.9. The zero-order valence-electron chi connectivity index (χ0n) is 22.1. The zero-order valence-corrected chi connectivity index (χ0v) is 22.1. The molecule has 41 heavy (non-hydrogen) atoms. The number of halogens is 3. The molecule has 4 rings (SSSR count). The van der Waals surface area contributed by atoms with E-state index >= 15 is 0 Å². The monoisotopic (exact) mass is 570 g/mol. The van der Waals surface area contributed by atoms with Crippen LogP contribution in [-0.4, -0.2) is 54.0 Å². The predicted octanol–water partition coefficient (Wildman–Crippen LogP) is 5.02. The van der Waals surface area contributed by atoms with Gasteiger partial charge in [-0.3, -0.25) is 9.59 Å². The number of rotatable bonds is 11. The molecule has 0 radical (unpaired) electrons. The highest BCUT2D eigenvalue weighted by Crippen LogP contribution is 2.44. The summed E-state index contributed by atoms with van der Waals surface area (Å²) in [7, 11) is 0. The molecule has 8 nitrogen and oxygen atoms in total. The average Bonchev–Trinajstić information content (AvgIpc) is 3.26. The smallest absolute Gasteiger partial charge is 0.409 e. The van der Waals surface area contributed by atoms with Crippen molar-refractivity contribution < 1.29 is 42.1 Å². The van der Waals surface area contributed by atoms with Crippen molar-refractivity contribution in [2.45, 2.75) is 50.2 Å². The summed E-state index contributed by atoms with van der Waals surface area (Å²) in [6.45, 7) is 1.34. The van der Waals surface area contributed by atoms with Gasteiger partial charge in [0, 0.05) is 5.92 Å². The Labute approximate surface area is 234 Å². The van der Waals surface area contributed by atoms with E-state index in [1.54, 1.807) is 35.6 Å². The van der Waals surface area contributed by atoms with Crippen LogP contribution in [0.15, 0.2) is 78.9 Å². The Bertz CT molecular complexity index is 1340. The van der Waals surface area contributed by atoms with Crippen LogP contribution in [0, 0.1) is 0 Å². The van der Waals surface area contributed by atoms with E-state index in [4.69, 9.17) is 14.6 Å². The number of carboxylic acid groups (broad SMARTS) is 1. The van der Waals surface area contributed by atoms with Crippen molar-refractivity contribution in [1.82, 2.24) is 10.6 Å². The van der Waals surface area contributed by atoms with Gasteiger partial charge in [0.1, 0.15) is 18.7 Å². The number of alkyl carbamates (subject to hydrolysis) is 1. The first-order chi connectivity index (χ1) is 19.5. The Hall–Kier alpha value is -4.38. The zero-order chi connectivity index (χ0) is 29.6. The van der Waals surface area contributed by atoms with Gasteiger partial charge in [0.05, 0.1) is 19.1 Å². The first kappa shape index (κ1) is 29.6. The first-order valence-electron chi connectivity index (χ1n) is 12.9. The molecule has 3 aromatic carbocycles. The predicted molar refractivity (Wildman–Crippen MR) is 143 cm³/mol. The van der Waals surface area contributed by atoms with Crippen LogP contribution in [0.3, 0.4) is 0 Å². The van der Waals surface area contributed by atoms with Gasteiger partial charge in [-0.15, -0.1) is 0 Å². The molecule has 0 bridgehead atoms. The Kier molecular flexibility index (Phi) is 9.28. The van der Waals surface area contributed by atoms with E-state index in [2.05, 4.69) is 5.32 Å². The summed E-state index contributed by atoms with van der Waals surface area (Å²) >= 11 is 0. The molecule has 0 saturated carbocycles. The van der Waals surface area contributed by atoms with Gasteiger partial charge in [0.25, 0.3) is 0 Å². The number of benzene rings is 3. The summed E-state index contributed by atoms with van der Waals surface area (Å²) in [5.74, 6) is -3.29. The molecule has 0 aromatic heterocycles. The van der Waals surface area contributed by atoms with E-state index in [9.17, 15) is 27.6 Å². The summed E-state index contributed by atoms with van der Waals surface area (Å²) in [5.41, 5.74) is 4.66. The topological polar surface area (TPSA) is 114 Å². The van der Waals surface area contributed by atoms with Crippen LogP contribution >= 0.6 is 0 Å². The SMILES string of the molecule is CC(OCc1ccccc1)C(NC(=O)OCC1c2ccccc2-c2ccccc21)C(=O)NC(CC(=O)O)C(F)(F)F. The minimum Gasteiger partial charge on any atom is -0.481 e. The number of nitrogens with one attached hydrogen (secondary N) is 2. The summed E-state index contributed by atoms with van der Waals surface area (Å²) < 4.78 is 51.5. The maximum absolute atomic E-state index is 13.5. The molecule has 3 N–H and O–H groups in total. The largest absolute Gasteiger partial charge is 0.481 e. The highest BCUT2D eigenvalue weighted by Gasteiger charge is 2.44. The third-order valence-corrected chi connectivity index (χ3v) is 6.81. The fourth-order valence-corrected chi connectivity index (χ4v) is 4.75. The molecule has 216 valence electrons. The molecule has 3 aromatic rings. The number of amides is 2. The minimum absolute atomic E-state index is 0.00990. The van der Waals surface area contributed by atoms with Crippen molar-refractivity contribution in [1.29, 1.82) is 0 Å². The lowest BCUT2D eigenvalue weighted by molar-refractivity contribution is -0.171. The van der Waals surface area contributed by atoms with E-state index in [1.807, 2.05) is 48.5 Å². The third-order valence-electron chi connectivity index (χ3n) is 6.81. The van der Waals surface area contributed by atoms with Crippen molar-refractivity contribution in [2.75, 3.05) is 6.61 Å². The van der Waals surface area contributed by atoms with Gasteiger partial charge in [0.2, 0.25) is 5.91 Å². The van der Waals surface area contributed by atoms with Crippen LogP contribution in [0.4, 0.5) is 18.0 Å². The fourth-order valence-electron chi connectivity index (χ4n) is 4.75. The Morgan fingerprint density at radius 3 is 2.00 bits per heavy atom. The number of carbonyl (C=O) groups is 3. The second-order valence-electron chi connectivity index (χ2n) is 9.65. The Morgan fingerprint density at radius 2 is 1.44 bits per heavy atom. The summed E-state index contributed by atoms with van der Waals surface area (Å²) in [6, 6.07) is 19.9. The maximum atomic E-state index is 13.5. The maximum Gasteiger partial charge on any atom is 0.409 e. The van der Waals surface area contributed by atoms with Gasteiger partial charge in [-0.25, -0.2) is 4.79 Å². The number of carbonyl (C=O) groups excluding carboxylic acids is 2. The number of hydrogen-bond donors (Lipinski definition) is 3. The van der Waals surface area contributed by atoms with E-state index in [1.165, 1.54) is 6.92 Å². The van der Waals surface area contributed by atoms with Crippen LogP contribution in [0.1, 0.15) is 36.0 Å². The van der Waals surface area contributed by atoms with Crippen LogP contribution in [0.5, 0.6) is 0 Å². The van der Waals surface area contributed by atoms with Crippen molar-refractivity contribution in [2.24, 2.45) is 0 Å². The molecular formula is C30H29F3N2O6. The molecule has 11 heteroatoms. The molecule has 3 atom stereocenters. The molecule has 0 aliphatic heterocycles. The van der Waals surface area contributed by atoms with E-state index in [0.717, 1.165) is 27.8 Å². The molecule has 0 heterocycles. The van der Waals surface area contributed by atoms with Crippen LogP contribution < -0.4 is 10.6 Å². The van der Waals surface area contributed by atoms with E-state index in [0.29, 0.717) is 0 Å². The van der Waals surface area contributed by atoms with Gasteiger partial charge < -0.3 is 25.2 Å². The summed E-state index contributed by atoms with van der Waals surface area (Å²) in [4.78, 5) is 36.9. The molecule has 0 spiro atoms. The minimum atomic E-state index is -5.03. The van der Waals surface area contributed by atoms with Crippen molar-refractivity contribution in [3.8, 4) is 11.1 Å². The molecule has 3 unspecified atom stereocenters. The van der Waals surface area contributed by atoms with Gasteiger partial charge in [0.15, 0.2) is 0 Å². The molecule has 0 saturated heterocycles. The molecule has 1 aliphatic rings. The number of fused-ring (bicyclic) bond motifs is 3. The van der Waals surface area contributed by atoms with Gasteiger partial charge in [-0.1, -0.05) is 78.9 Å². The van der Waals surface area contributed by atoms with Gasteiger partial charge in [-0.05, 0) is 34.7 Å². The van der Waals surface area contributed by atoms with E-state index < -0.39 is 48.8 Å². The van der Waals surface area contributed by atoms with Crippen LogP contribution in [0.2, 0.25) is 0 Å². The van der Waals surface area contributed by atoms with Gasteiger partial charge >= 0.3 is 18.2 Å². The molecule has 2 amide bonds. The van der Waals surface area contributed by atoms with Crippen LogP contribution in [-0.2, 0) is 25.7 Å².